The van der Waals surface area contributed by atoms with Gasteiger partial charge in [0.25, 0.3) is 0 Å². The molecule has 1 atom stereocenters. The van der Waals surface area contributed by atoms with Crippen LogP contribution in [-0.2, 0) is 4.74 Å². The van der Waals surface area contributed by atoms with Gasteiger partial charge >= 0.3 is 11.8 Å². The molecule has 0 radical (unpaired) electrons. The molecule has 236 valence electrons. The number of pyridine rings is 1. The Kier molecular flexibility index (Phi) is 8.64. The molecule has 3 heterocycles. The number of hydrogen-bond acceptors (Lipinski definition) is 7. The molecular weight excluding hydrogens is 595 g/mol. The van der Waals surface area contributed by atoms with Crippen molar-refractivity contribution in [2.24, 2.45) is 0 Å². The zero-order chi connectivity index (χ0) is 32.8. The fourth-order valence-electron chi connectivity index (χ4n) is 5.73. The Labute approximate surface area is 267 Å². The average Bonchev–Trinajstić information content (AvgIpc) is 2.96. The number of piperazine rings is 1. The number of anilines is 2. The number of amides is 1. The van der Waals surface area contributed by atoms with Crippen LogP contribution in [0.4, 0.5) is 20.7 Å². The van der Waals surface area contributed by atoms with Crippen molar-refractivity contribution < 1.29 is 13.9 Å². The Morgan fingerprint density at radius 1 is 1.18 bits per heavy atom. The van der Waals surface area contributed by atoms with Crippen molar-refractivity contribution in [1.82, 2.24) is 19.4 Å². The predicted molar refractivity (Wildman–Crippen MR) is 179 cm³/mol. The van der Waals surface area contributed by atoms with Crippen molar-refractivity contribution in [2.45, 2.75) is 59.1 Å². The van der Waals surface area contributed by atoms with Gasteiger partial charge in [0.2, 0.25) is 0 Å². The first-order valence-corrected chi connectivity index (χ1v) is 15.3. The Morgan fingerprint density at radius 2 is 1.89 bits per heavy atom. The van der Waals surface area contributed by atoms with E-state index >= 15 is 4.39 Å². The molecule has 2 aromatic carbocycles. The summed E-state index contributed by atoms with van der Waals surface area (Å²) < 4.78 is 22.2. The highest BCUT2D eigenvalue weighted by Gasteiger charge is 2.33. The number of nitrogens with two attached hydrogens (primary N) is 1. The molecule has 2 N–H and O–H groups in total. The van der Waals surface area contributed by atoms with E-state index in [1.807, 2.05) is 64.6 Å². The van der Waals surface area contributed by atoms with Crippen LogP contribution < -0.4 is 16.3 Å². The maximum Gasteiger partial charge on any atom is 0.410 e. The second kappa shape index (κ2) is 12.2. The molecule has 45 heavy (non-hydrogen) atoms. The van der Waals surface area contributed by atoms with Crippen LogP contribution in [-0.4, -0.2) is 56.8 Å². The highest BCUT2D eigenvalue weighted by molar-refractivity contribution is 6.34. The summed E-state index contributed by atoms with van der Waals surface area (Å²) in [6.45, 7) is 16.5. The van der Waals surface area contributed by atoms with E-state index in [-0.39, 0.29) is 39.6 Å². The van der Waals surface area contributed by atoms with Gasteiger partial charge in [-0.25, -0.2) is 23.5 Å². The van der Waals surface area contributed by atoms with E-state index in [0.717, 1.165) is 5.56 Å². The van der Waals surface area contributed by atoms with Gasteiger partial charge in [-0.15, -0.1) is 0 Å². The standard InChI is InChI=1S/C34H38ClFN6O3/c1-8-21-11-9-12-22(19(2)3)29(21)42-31-23(17-24(35)28(38-31)27-25(36)13-10-14-26(27)37)30(39-32(42)43)41-16-15-40(18-20(41)4)33(44)45-34(5,6)7/h8-14,17,19-20H,1,15-16,18,37H2,2-7H3. The van der Waals surface area contributed by atoms with Gasteiger partial charge < -0.3 is 20.3 Å². The second-order valence-corrected chi connectivity index (χ2v) is 13.0. The van der Waals surface area contributed by atoms with Crippen LogP contribution in [0.3, 0.4) is 0 Å². The molecule has 1 aliphatic rings. The van der Waals surface area contributed by atoms with E-state index in [0.29, 0.717) is 42.1 Å². The first-order chi connectivity index (χ1) is 21.2. The number of nitrogens with zero attached hydrogens (tertiary/aromatic N) is 5. The summed E-state index contributed by atoms with van der Waals surface area (Å²) >= 11 is 6.83. The summed E-state index contributed by atoms with van der Waals surface area (Å²) in [4.78, 5) is 40.1. The van der Waals surface area contributed by atoms with E-state index in [1.54, 1.807) is 23.1 Å². The van der Waals surface area contributed by atoms with Crippen molar-refractivity contribution in [3.63, 3.8) is 0 Å². The monoisotopic (exact) mass is 632 g/mol. The van der Waals surface area contributed by atoms with Gasteiger partial charge in [0.15, 0.2) is 5.65 Å². The number of ether oxygens (including phenoxy) is 1. The van der Waals surface area contributed by atoms with Gasteiger partial charge in [0.1, 0.15) is 17.2 Å². The lowest BCUT2D eigenvalue weighted by Crippen LogP contribution is -2.55. The van der Waals surface area contributed by atoms with Gasteiger partial charge in [0, 0.05) is 31.4 Å². The fraction of sp³-hybridized carbons (Fsp3) is 0.353. The normalized spacial score (nSPS) is 15.5. The van der Waals surface area contributed by atoms with Crippen molar-refractivity contribution in [1.29, 1.82) is 0 Å². The van der Waals surface area contributed by atoms with Crippen LogP contribution in [0.1, 0.15) is 58.6 Å². The molecule has 11 heteroatoms. The highest BCUT2D eigenvalue weighted by atomic mass is 35.5. The van der Waals surface area contributed by atoms with Crippen LogP contribution >= 0.6 is 11.6 Å². The molecule has 1 amide bonds. The van der Waals surface area contributed by atoms with Crippen molar-refractivity contribution in [3.8, 4) is 16.9 Å². The Hall–Kier alpha value is -4.44. The molecule has 5 rings (SSSR count). The molecule has 0 spiro atoms. The van der Waals surface area contributed by atoms with E-state index < -0.39 is 23.2 Å². The molecule has 0 bridgehead atoms. The first-order valence-electron chi connectivity index (χ1n) is 14.9. The summed E-state index contributed by atoms with van der Waals surface area (Å²) in [7, 11) is 0. The van der Waals surface area contributed by atoms with Gasteiger partial charge in [-0.05, 0) is 62.9 Å². The van der Waals surface area contributed by atoms with E-state index in [9.17, 15) is 9.59 Å². The topological polar surface area (TPSA) is 107 Å². The predicted octanol–water partition coefficient (Wildman–Crippen LogP) is 7.03. The molecular formula is C34H38ClFN6O3. The van der Waals surface area contributed by atoms with Crippen molar-refractivity contribution in [2.75, 3.05) is 30.3 Å². The summed E-state index contributed by atoms with van der Waals surface area (Å²) in [5.41, 5.74) is 7.74. The van der Waals surface area contributed by atoms with Crippen LogP contribution in [0.25, 0.3) is 34.1 Å². The summed E-state index contributed by atoms with van der Waals surface area (Å²) in [6, 6.07) is 11.5. The summed E-state index contributed by atoms with van der Waals surface area (Å²) in [5.74, 6) is -0.183. The molecule has 9 nitrogen and oxygen atoms in total. The third kappa shape index (κ3) is 6.11. The third-order valence-electron chi connectivity index (χ3n) is 7.80. The third-order valence-corrected chi connectivity index (χ3v) is 8.09. The number of hydrogen-bond donors (Lipinski definition) is 1. The van der Waals surface area contributed by atoms with Gasteiger partial charge in [-0.1, -0.05) is 62.4 Å². The maximum atomic E-state index is 15.2. The molecule has 0 aliphatic carbocycles. The number of benzene rings is 2. The SMILES string of the molecule is C=Cc1cccc(C(C)C)c1-n1c(=O)nc(N2CCN(C(=O)OC(C)(C)C)CC2C)c2cc(Cl)c(-c3c(N)cccc3F)nc21. The second-order valence-electron chi connectivity index (χ2n) is 12.6. The molecule has 0 saturated carbocycles. The average molecular weight is 633 g/mol. The van der Waals surface area contributed by atoms with E-state index in [4.69, 9.17) is 27.1 Å². The smallest absolute Gasteiger partial charge is 0.410 e. The Balaban J connectivity index is 1.76. The Bertz CT molecular complexity index is 1850. The van der Waals surface area contributed by atoms with Gasteiger partial charge in [0.05, 0.1) is 27.4 Å². The summed E-state index contributed by atoms with van der Waals surface area (Å²) in [6.07, 6.45) is 1.28. The largest absolute Gasteiger partial charge is 0.444 e. The minimum absolute atomic E-state index is 0.0384. The highest BCUT2D eigenvalue weighted by Crippen LogP contribution is 2.38. The van der Waals surface area contributed by atoms with Crippen LogP contribution in [0.5, 0.6) is 0 Å². The number of para-hydroxylation sites is 1. The number of rotatable bonds is 5. The molecule has 1 unspecified atom stereocenters. The lowest BCUT2D eigenvalue weighted by Gasteiger charge is -2.41. The van der Waals surface area contributed by atoms with E-state index in [1.165, 1.54) is 16.7 Å². The van der Waals surface area contributed by atoms with Crippen LogP contribution in [0, 0.1) is 5.82 Å². The van der Waals surface area contributed by atoms with Crippen LogP contribution in [0.2, 0.25) is 5.02 Å². The number of halogens is 2. The lowest BCUT2D eigenvalue weighted by molar-refractivity contribution is 0.0218. The molecule has 1 saturated heterocycles. The number of carbonyl (C=O) groups is 1. The van der Waals surface area contributed by atoms with Gasteiger partial charge in [-0.3, -0.25) is 0 Å². The fourth-order valence-corrected chi connectivity index (χ4v) is 5.97. The number of nitrogen functional groups attached to an aromatic ring is 1. The molecule has 4 aromatic rings. The quantitative estimate of drug-likeness (QED) is 0.235. The van der Waals surface area contributed by atoms with Crippen molar-refractivity contribution >= 4 is 46.3 Å². The maximum absolute atomic E-state index is 15.2. The first kappa shape index (κ1) is 32.0. The number of aromatic nitrogens is 3. The zero-order valence-corrected chi connectivity index (χ0v) is 27.2. The number of fused-ring (bicyclic) bond motifs is 1. The Morgan fingerprint density at radius 3 is 2.51 bits per heavy atom. The van der Waals surface area contributed by atoms with E-state index in [2.05, 4.69) is 11.6 Å². The minimum Gasteiger partial charge on any atom is -0.444 e. The molecule has 2 aromatic heterocycles. The zero-order valence-electron chi connectivity index (χ0n) is 26.4. The van der Waals surface area contributed by atoms with Gasteiger partial charge in [-0.2, -0.15) is 4.98 Å². The minimum atomic E-state index is -0.627. The van der Waals surface area contributed by atoms with Crippen LogP contribution in [0.15, 0.2) is 53.8 Å². The number of carbonyl (C=O) groups excluding carboxylic acids is 1. The summed E-state index contributed by atoms with van der Waals surface area (Å²) in [5, 5.41) is 0.637. The molecule has 1 fully saturated rings. The molecule has 1 aliphatic heterocycles. The van der Waals surface area contributed by atoms with Crippen molar-refractivity contribution in [3.05, 3.63) is 81.5 Å². The lowest BCUT2D eigenvalue weighted by atomic mass is 9.97.